The molecule has 0 radical (unpaired) electrons. The van der Waals surface area contributed by atoms with E-state index in [4.69, 9.17) is 9.47 Å². The van der Waals surface area contributed by atoms with Gasteiger partial charge in [0, 0.05) is 37.3 Å². The molecule has 0 N–H and O–H groups in total. The molecule has 0 bridgehead atoms. The van der Waals surface area contributed by atoms with Crippen molar-refractivity contribution in [2.75, 3.05) is 7.11 Å². The van der Waals surface area contributed by atoms with Crippen molar-refractivity contribution in [3.63, 3.8) is 0 Å². The van der Waals surface area contributed by atoms with Gasteiger partial charge in [0.25, 0.3) is 0 Å². The molecule has 28 heavy (non-hydrogen) atoms. The predicted octanol–water partition coefficient (Wildman–Crippen LogP) is 3.48. The summed E-state index contributed by atoms with van der Waals surface area (Å²) in [6.07, 6.45) is 11.1. The highest BCUT2D eigenvalue weighted by atomic mass is 16.5. The van der Waals surface area contributed by atoms with Crippen molar-refractivity contribution in [2.45, 2.75) is 19.6 Å². The Morgan fingerprint density at radius 1 is 1.14 bits per heavy atom. The fraction of sp³-hybridized carbons (Fsp3) is 0.190. The molecular weight excluding hydrogens is 354 g/mol. The van der Waals surface area contributed by atoms with Gasteiger partial charge < -0.3 is 14.4 Å². The summed E-state index contributed by atoms with van der Waals surface area (Å²) in [4.78, 5) is 6.42. The fourth-order valence-electron chi connectivity index (χ4n) is 2.99. The molecule has 3 heterocycles. The Labute approximate surface area is 163 Å². The molecule has 1 unspecified atom stereocenters. The molecule has 1 aliphatic rings. The minimum absolute atomic E-state index is 0.159. The molecule has 2 aromatic heterocycles. The minimum Gasteiger partial charge on any atom is -0.481 e. The van der Waals surface area contributed by atoms with E-state index in [-0.39, 0.29) is 6.17 Å². The third-order valence-corrected chi connectivity index (χ3v) is 4.49. The fourth-order valence-corrected chi connectivity index (χ4v) is 2.99. The maximum atomic E-state index is 6.10. The predicted molar refractivity (Wildman–Crippen MR) is 104 cm³/mol. The van der Waals surface area contributed by atoms with Crippen LogP contribution in [0.25, 0.3) is 0 Å². The number of hydrogen-bond donors (Lipinski definition) is 0. The first-order valence-electron chi connectivity index (χ1n) is 8.97. The van der Waals surface area contributed by atoms with Gasteiger partial charge in [0.1, 0.15) is 17.7 Å². The van der Waals surface area contributed by atoms with Crippen LogP contribution in [0, 0.1) is 6.92 Å². The van der Waals surface area contributed by atoms with Crippen molar-refractivity contribution >= 4 is 0 Å². The number of ether oxygens (including phenoxy) is 2. The van der Waals surface area contributed by atoms with Gasteiger partial charge in [-0.15, -0.1) is 5.10 Å². The first-order chi connectivity index (χ1) is 13.7. The van der Waals surface area contributed by atoms with Gasteiger partial charge in [-0.1, -0.05) is 29.5 Å². The van der Waals surface area contributed by atoms with Gasteiger partial charge in [-0.05, 0) is 30.2 Å². The van der Waals surface area contributed by atoms with Crippen LogP contribution in [-0.2, 0) is 6.54 Å². The lowest BCUT2D eigenvalue weighted by molar-refractivity contribution is 0.214. The van der Waals surface area contributed by atoms with E-state index in [9.17, 15) is 0 Å². The number of allylic oxidation sites excluding steroid dienone is 1. The molecule has 0 aliphatic carbocycles. The van der Waals surface area contributed by atoms with Crippen molar-refractivity contribution in [2.24, 2.45) is 0 Å². The van der Waals surface area contributed by atoms with Gasteiger partial charge in [0.15, 0.2) is 0 Å². The second kappa shape index (κ2) is 7.96. The van der Waals surface area contributed by atoms with E-state index in [1.807, 2.05) is 74.1 Å². The lowest BCUT2D eigenvalue weighted by Gasteiger charge is -2.31. The standard InChI is InChI=1S/C21H21N5O2/c1-16-5-3-4-6-19(16)28-18-9-11-25(21(13-18)26-12-10-23-24-26)15-17-7-8-20(27-2)22-14-17/h3-14,21H,15H2,1-2H3. The van der Waals surface area contributed by atoms with Crippen LogP contribution in [-0.4, -0.2) is 32.0 Å². The molecule has 1 aliphatic heterocycles. The quantitative estimate of drug-likeness (QED) is 0.657. The number of rotatable bonds is 6. The Hall–Kier alpha value is -3.61. The maximum Gasteiger partial charge on any atom is 0.212 e. The largest absolute Gasteiger partial charge is 0.481 e. The monoisotopic (exact) mass is 375 g/mol. The number of pyridine rings is 1. The smallest absolute Gasteiger partial charge is 0.212 e. The molecule has 7 heteroatoms. The van der Waals surface area contributed by atoms with E-state index in [0.717, 1.165) is 22.6 Å². The average molecular weight is 375 g/mol. The van der Waals surface area contributed by atoms with E-state index < -0.39 is 0 Å². The second-order valence-electron chi connectivity index (χ2n) is 6.43. The van der Waals surface area contributed by atoms with Crippen LogP contribution < -0.4 is 9.47 Å². The summed E-state index contributed by atoms with van der Waals surface area (Å²) in [7, 11) is 1.61. The van der Waals surface area contributed by atoms with E-state index in [1.165, 1.54) is 0 Å². The van der Waals surface area contributed by atoms with Crippen molar-refractivity contribution in [3.8, 4) is 11.6 Å². The van der Waals surface area contributed by atoms with Crippen LogP contribution in [0.5, 0.6) is 11.6 Å². The zero-order chi connectivity index (χ0) is 19.3. The summed E-state index contributed by atoms with van der Waals surface area (Å²) in [5.41, 5.74) is 2.15. The van der Waals surface area contributed by atoms with Crippen molar-refractivity contribution in [3.05, 3.63) is 90.2 Å². The van der Waals surface area contributed by atoms with Crippen molar-refractivity contribution < 1.29 is 9.47 Å². The summed E-state index contributed by atoms with van der Waals surface area (Å²) in [5.74, 6) is 2.20. The molecule has 0 amide bonds. The van der Waals surface area contributed by atoms with E-state index in [1.54, 1.807) is 18.0 Å². The zero-order valence-electron chi connectivity index (χ0n) is 15.8. The summed E-state index contributed by atoms with van der Waals surface area (Å²) in [6.45, 7) is 2.69. The van der Waals surface area contributed by atoms with Crippen molar-refractivity contribution in [1.29, 1.82) is 0 Å². The molecule has 3 aromatic rings. The van der Waals surface area contributed by atoms with Gasteiger partial charge in [0.2, 0.25) is 5.88 Å². The molecule has 1 aromatic carbocycles. The summed E-state index contributed by atoms with van der Waals surface area (Å²) in [6, 6.07) is 11.8. The molecule has 0 saturated carbocycles. The molecule has 4 rings (SSSR count). The number of para-hydroxylation sites is 1. The molecule has 0 fully saturated rings. The molecule has 142 valence electrons. The first kappa shape index (κ1) is 17.8. The summed E-state index contributed by atoms with van der Waals surface area (Å²) in [5, 5.41) is 8.12. The van der Waals surface area contributed by atoms with Crippen LogP contribution in [0.4, 0.5) is 0 Å². The van der Waals surface area contributed by atoms with Gasteiger partial charge in [-0.3, -0.25) is 0 Å². The third kappa shape index (κ3) is 3.88. The summed E-state index contributed by atoms with van der Waals surface area (Å²) >= 11 is 0. The highest BCUT2D eigenvalue weighted by Crippen LogP contribution is 2.27. The normalized spacial score (nSPS) is 16.0. The van der Waals surface area contributed by atoms with Crippen molar-refractivity contribution in [1.82, 2.24) is 24.9 Å². The van der Waals surface area contributed by atoms with E-state index in [0.29, 0.717) is 12.4 Å². The number of methoxy groups -OCH3 is 1. The van der Waals surface area contributed by atoms with Crippen LogP contribution in [0.3, 0.4) is 0 Å². The maximum absolute atomic E-state index is 6.10. The lowest BCUT2D eigenvalue weighted by atomic mass is 10.2. The van der Waals surface area contributed by atoms with Crippen LogP contribution in [0.1, 0.15) is 17.3 Å². The highest BCUT2D eigenvalue weighted by Gasteiger charge is 2.21. The van der Waals surface area contributed by atoms with E-state index in [2.05, 4.69) is 20.2 Å². The second-order valence-corrected chi connectivity index (χ2v) is 6.43. The number of benzene rings is 1. The third-order valence-electron chi connectivity index (χ3n) is 4.49. The molecule has 0 spiro atoms. The van der Waals surface area contributed by atoms with Gasteiger partial charge in [0.05, 0.1) is 13.3 Å². The van der Waals surface area contributed by atoms with Gasteiger partial charge in [-0.25, -0.2) is 9.67 Å². The molecule has 0 saturated heterocycles. The molecule has 7 nitrogen and oxygen atoms in total. The number of nitrogens with zero attached hydrogens (tertiary/aromatic N) is 5. The van der Waals surface area contributed by atoms with Gasteiger partial charge in [-0.2, -0.15) is 0 Å². The average Bonchev–Trinajstić information content (AvgIpc) is 3.26. The molecule has 1 atom stereocenters. The Kier molecular flexibility index (Phi) is 5.05. The Balaban J connectivity index is 1.57. The SMILES string of the molecule is COc1ccc(CN2C=CC(Oc3ccccc3C)=CC2n2ccnn2)cn1. The number of aromatic nitrogens is 4. The number of aryl methyl sites for hydroxylation is 1. The van der Waals surface area contributed by atoms with E-state index >= 15 is 0 Å². The van der Waals surface area contributed by atoms with Crippen LogP contribution in [0.15, 0.2) is 79.1 Å². The minimum atomic E-state index is -0.159. The first-order valence-corrected chi connectivity index (χ1v) is 8.97. The highest BCUT2D eigenvalue weighted by molar-refractivity contribution is 5.35. The summed E-state index contributed by atoms with van der Waals surface area (Å²) < 4.78 is 13.0. The van der Waals surface area contributed by atoms with Gasteiger partial charge >= 0.3 is 0 Å². The van der Waals surface area contributed by atoms with Crippen LogP contribution >= 0.6 is 0 Å². The lowest BCUT2D eigenvalue weighted by Crippen LogP contribution is -2.30. The Morgan fingerprint density at radius 3 is 2.75 bits per heavy atom. The Morgan fingerprint density at radius 2 is 2.04 bits per heavy atom. The number of hydrogen-bond acceptors (Lipinski definition) is 6. The van der Waals surface area contributed by atoms with Crippen LogP contribution in [0.2, 0.25) is 0 Å². The Bertz CT molecular complexity index is 980. The topological polar surface area (TPSA) is 65.3 Å². The zero-order valence-corrected chi connectivity index (χ0v) is 15.8. The molecular formula is C21H21N5O2.